The van der Waals surface area contributed by atoms with E-state index in [4.69, 9.17) is 4.74 Å². The van der Waals surface area contributed by atoms with Crippen molar-refractivity contribution in [2.45, 2.75) is 11.5 Å². The van der Waals surface area contributed by atoms with Gasteiger partial charge in [-0.1, -0.05) is 12.1 Å². The molecule has 0 spiro atoms. The van der Waals surface area contributed by atoms with Crippen molar-refractivity contribution in [2.24, 2.45) is 0 Å². The lowest BCUT2D eigenvalue weighted by Gasteiger charge is -2.10. The fraction of sp³-hybridized carbons (Fsp3) is 0.118. The normalized spacial score (nSPS) is 11.4. The number of nitrogens with one attached hydrogen (secondary N) is 1. The van der Waals surface area contributed by atoms with E-state index in [1.807, 2.05) is 22.9 Å². The molecule has 0 unspecified atom stereocenters. The van der Waals surface area contributed by atoms with Crippen LogP contribution in [0.2, 0.25) is 0 Å². The molecule has 6 nitrogen and oxygen atoms in total. The zero-order chi connectivity index (χ0) is 17.0. The Morgan fingerprint density at radius 2 is 1.79 bits per heavy atom. The summed E-state index contributed by atoms with van der Waals surface area (Å²) in [6, 6.07) is 13.7. The van der Waals surface area contributed by atoms with Gasteiger partial charge in [0.25, 0.3) is 10.0 Å². The maximum Gasteiger partial charge on any atom is 0.261 e. The molecule has 0 aliphatic carbocycles. The quantitative estimate of drug-likeness (QED) is 0.747. The van der Waals surface area contributed by atoms with Gasteiger partial charge in [-0.25, -0.2) is 13.4 Å². The van der Waals surface area contributed by atoms with E-state index in [0.717, 1.165) is 11.3 Å². The van der Waals surface area contributed by atoms with Crippen LogP contribution in [0.3, 0.4) is 0 Å². The third kappa shape index (κ3) is 3.64. The average molecular weight is 343 g/mol. The molecule has 3 aromatic rings. The summed E-state index contributed by atoms with van der Waals surface area (Å²) in [6.07, 6.45) is 5.19. The summed E-state index contributed by atoms with van der Waals surface area (Å²) >= 11 is 0. The van der Waals surface area contributed by atoms with E-state index < -0.39 is 10.0 Å². The van der Waals surface area contributed by atoms with Crippen LogP contribution in [0.25, 0.3) is 5.69 Å². The first-order chi connectivity index (χ1) is 11.6. The third-order valence-electron chi connectivity index (χ3n) is 3.47. The summed E-state index contributed by atoms with van der Waals surface area (Å²) < 4.78 is 34.3. The van der Waals surface area contributed by atoms with Crippen molar-refractivity contribution in [1.29, 1.82) is 0 Å². The molecule has 1 N–H and O–H groups in total. The number of anilines is 1. The van der Waals surface area contributed by atoms with Crippen LogP contribution in [0.4, 0.5) is 5.69 Å². The number of imidazole rings is 1. The molecule has 0 aliphatic heterocycles. The van der Waals surface area contributed by atoms with Gasteiger partial charge in [-0.3, -0.25) is 4.72 Å². The monoisotopic (exact) mass is 343 g/mol. The topological polar surface area (TPSA) is 73.2 Å². The molecule has 2 aromatic carbocycles. The molecule has 7 heteroatoms. The second-order valence-electron chi connectivity index (χ2n) is 5.20. The van der Waals surface area contributed by atoms with E-state index in [-0.39, 0.29) is 4.90 Å². The number of sulfonamides is 1. The highest BCUT2D eigenvalue weighted by Gasteiger charge is 2.14. The molecule has 1 heterocycles. The van der Waals surface area contributed by atoms with Crippen molar-refractivity contribution in [3.05, 3.63) is 72.8 Å². The smallest absolute Gasteiger partial charge is 0.261 e. The number of nitrogens with zero attached hydrogens (tertiary/aromatic N) is 2. The summed E-state index contributed by atoms with van der Waals surface area (Å²) in [6.45, 7) is 0.448. The molecule has 1 aromatic heterocycles. The Morgan fingerprint density at radius 3 is 2.38 bits per heavy atom. The predicted molar refractivity (Wildman–Crippen MR) is 91.5 cm³/mol. The van der Waals surface area contributed by atoms with Crippen molar-refractivity contribution in [2.75, 3.05) is 11.8 Å². The lowest BCUT2D eigenvalue weighted by Crippen LogP contribution is -2.13. The Hall–Kier alpha value is -2.64. The minimum atomic E-state index is -3.62. The number of benzene rings is 2. The summed E-state index contributed by atoms with van der Waals surface area (Å²) in [4.78, 5) is 4.19. The number of hydrogen-bond acceptors (Lipinski definition) is 4. The van der Waals surface area contributed by atoms with Gasteiger partial charge in [0.15, 0.2) is 0 Å². The third-order valence-corrected chi connectivity index (χ3v) is 4.86. The molecule has 0 bridgehead atoms. The Morgan fingerprint density at radius 1 is 1.08 bits per heavy atom. The molecule has 0 saturated heterocycles. The van der Waals surface area contributed by atoms with Crippen LogP contribution in [-0.2, 0) is 21.4 Å². The largest absolute Gasteiger partial charge is 0.380 e. The molecule has 124 valence electrons. The van der Waals surface area contributed by atoms with Crippen LogP contribution >= 0.6 is 0 Å². The molecule has 0 atom stereocenters. The van der Waals surface area contributed by atoms with E-state index in [1.165, 1.54) is 0 Å². The summed E-state index contributed by atoms with van der Waals surface area (Å²) in [5, 5.41) is 0. The average Bonchev–Trinajstić information content (AvgIpc) is 3.10. The van der Waals surface area contributed by atoms with Crippen LogP contribution in [0.5, 0.6) is 0 Å². The molecule has 0 saturated carbocycles. The number of aromatic nitrogens is 2. The van der Waals surface area contributed by atoms with Crippen LogP contribution in [0.1, 0.15) is 5.56 Å². The Balaban J connectivity index is 1.76. The summed E-state index contributed by atoms with van der Waals surface area (Å²) in [7, 11) is -2.02. The van der Waals surface area contributed by atoms with Crippen molar-refractivity contribution >= 4 is 15.7 Å². The molecule has 0 aliphatic rings. The molecule has 0 amide bonds. The van der Waals surface area contributed by atoms with Gasteiger partial charge in [-0.2, -0.15) is 0 Å². The van der Waals surface area contributed by atoms with E-state index in [9.17, 15) is 8.42 Å². The van der Waals surface area contributed by atoms with E-state index in [2.05, 4.69) is 9.71 Å². The highest BCUT2D eigenvalue weighted by molar-refractivity contribution is 7.92. The van der Waals surface area contributed by atoms with E-state index in [1.54, 1.807) is 56.0 Å². The predicted octanol–water partition coefficient (Wildman–Crippen LogP) is 2.82. The zero-order valence-electron chi connectivity index (χ0n) is 13.1. The first-order valence-electron chi connectivity index (χ1n) is 7.27. The molecule has 3 rings (SSSR count). The maximum atomic E-state index is 12.4. The summed E-state index contributed by atoms with van der Waals surface area (Å²) in [5.74, 6) is 0. The van der Waals surface area contributed by atoms with Gasteiger partial charge in [0.1, 0.15) is 0 Å². The Bertz CT molecular complexity index is 887. The highest BCUT2D eigenvalue weighted by atomic mass is 32.2. The zero-order valence-corrected chi connectivity index (χ0v) is 13.9. The summed E-state index contributed by atoms with van der Waals surface area (Å²) in [5.41, 5.74) is 2.32. The van der Waals surface area contributed by atoms with E-state index in [0.29, 0.717) is 12.3 Å². The minimum absolute atomic E-state index is 0.209. The lowest BCUT2D eigenvalue weighted by atomic mass is 10.2. The minimum Gasteiger partial charge on any atom is -0.380 e. The highest BCUT2D eigenvalue weighted by Crippen LogP contribution is 2.18. The van der Waals surface area contributed by atoms with Gasteiger partial charge >= 0.3 is 0 Å². The van der Waals surface area contributed by atoms with E-state index >= 15 is 0 Å². The Labute approximate surface area is 140 Å². The molecule has 0 radical (unpaired) electrons. The van der Waals surface area contributed by atoms with Gasteiger partial charge in [-0.05, 0) is 42.0 Å². The second kappa shape index (κ2) is 6.86. The lowest BCUT2D eigenvalue weighted by molar-refractivity contribution is 0.185. The van der Waals surface area contributed by atoms with Gasteiger partial charge < -0.3 is 9.30 Å². The van der Waals surface area contributed by atoms with Gasteiger partial charge in [0, 0.05) is 30.9 Å². The van der Waals surface area contributed by atoms with Gasteiger partial charge in [-0.15, -0.1) is 0 Å². The molecular weight excluding hydrogens is 326 g/mol. The number of rotatable bonds is 6. The number of ether oxygens (including phenoxy) is 1. The van der Waals surface area contributed by atoms with Gasteiger partial charge in [0.05, 0.1) is 17.8 Å². The van der Waals surface area contributed by atoms with Crippen LogP contribution in [0, 0.1) is 0 Å². The van der Waals surface area contributed by atoms with Crippen molar-refractivity contribution in [3.63, 3.8) is 0 Å². The van der Waals surface area contributed by atoms with Crippen molar-refractivity contribution in [3.8, 4) is 5.69 Å². The molecule has 0 fully saturated rings. The molecular formula is C17H17N3O3S. The number of hydrogen-bond donors (Lipinski definition) is 1. The van der Waals surface area contributed by atoms with Gasteiger partial charge in [0.2, 0.25) is 0 Å². The fourth-order valence-corrected chi connectivity index (χ4v) is 3.32. The van der Waals surface area contributed by atoms with Crippen LogP contribution in [-0.4, -0.2) is 25.1 Å². The number of methoxy groups -OCH3 is 1. The SMILES string of the molecule is COCc1ccc(S(=O)(=O)Nc2ccc(-n3ccnc3)cc2)cc1. The first kappa shape index (κ1) is 16.2. The van der Waals surface area contributed by atoms with Crippen LogP contribution < -0.4 is 4.72 Å². The maximum absolute atomic E-state index is 12.4. The molecule has 24 heavy (non-hydrogen) atoms. The Kier molecular flexibility index (Phi) is 4.64. The first-order valence-corrected chi connectivity index (χ1v) is 8.76. The van der Waals surface area contributed by atoms with Crippen molar-refractivity contribution < 1.29 is 13.2 Å². The second-order valence-corrected chi connectivity index (χ2v) is 6.88. The standard InChI is InChI=1S/C17H17N3O3S/c1-23-12-14-2-8-17(9-3-14)24(21,22)19-15-4-6-16(7-5-15)20-11-10-18-13-20/h2-11,13,19H,12H2,1H3. The van der Waals surface area contributed by atoms with Crippen LogP contribution in [0.15, 0.2) is 72.1 Å². The fourth-order valence-electron chi connectivity index (χ4n) is 2.26. The van der Waals surface area contributed by atoms with Crippen molar-refractivity contribution in [1.82, 2.24) is 9.55 Å².